The molecule has 1 aliphatic rings. The molecule has 5 rings (SSSR count). The van der Waals surface area contributed by atoms with Gasteiger partial charge in [-0.25, -0.2) is 17.8 Å². The molecule has 11 nitrogen and oxygen atoms in total. The van der Waals surface area contributed by atoms with Gasteiger partial charge in [0.15, 0.2) is 5.82 Å². The van der Waals surface area contributed by atoms with Crippen LogP contribution in [0.4, 0.5) is 11.6 Å². The van der Waals surface area contributed by atoms with Crippen LogP contribution in [0, 0.1) is 11.8 Å². The highest BCUT2D eigenvalue weighted by atomic mass is 32.2. The predicted octanol–water partition coefficient (Wildman–Crippen LogP) is 1.91. The molecule has 0 radical (unpaired) electrons. The lowest BCUT2D eigenvalue weighted by molar-refractivity contribution is 0.100. The van der Waals surface area contributed by atoms with Crippen molar-refractivity contribution in [3.8, 4) is 17.5 Å². The highest BCUT2D eigenvalue weighted by Gasteiger charge is 2.20. The number of aromatic nitrogens is 3. The number of nitrogens with two attached hydrogens (primary N) is 2. The van der Waals surface area contributed by atoms with E-state index in [1.54, 1.807) is 16.8 Å². The number of amides is 1. The summed E-state index contributed by atoms with van der Waals surface area (Å²) >= 11 is 0. The van der Waals surface area contributed by atoms with Gasteiger partial charge in [0.25, 0.3) is 11.5 Å². The van der Waals surface area contributed by atoms with Crippen LogP contribution in [0.5, 0.6) is 0 Å². The average molecular weight is 560 g/mol. The lowest BCUT2D eigenvalue weighted by atomic mass is 10.0. The van der Waals surface area contributed by atoms with E-state index in [2.05, 4.69) is 27.0 Å². The lowest BCUT2D eigenvalue weighted by Gasteiger charge is -2.14. The number of benzene rings is 2. The standard InChI is InChI=1S/C21H20N2O3S.C7H9N5O/c1-3-18-15-17-10-7-9-16(11-8-14-22-27(2,25)26)20(17)21(24)23(18)19-12-5-4-6-13-19;8-5-4(6(9)13)7-10-2-1-3-12(7)11-5/h4-7,9-10,12-13,15,22H,3,14H2,1-2H3;1,3,10H,2H2,(H2,8,11)(H2,9,13). The monoisotopic (exact) mass is 559 g/mol. The van der Waals surface area contributed by atoms with Gasteiger partial charge >= 0.3 is 0 Å². The molecular formula is C28H29N7O4S. The summed E-state index contributed by atoms with van der Waals surface area (Å²) in [4.78, 5) is 24.3. The van der Waals surface area contributed by atoms with Crippen LogP contribution in [0.3, 0.4) is 0 Å². The quantitative estimate of drug-likeness (QED) is 0.271. The minimum Gasteiger partial charge on any atom is -0.381 e. The predicted molar refractivity (Wildman–Crippen MR) is 158 cm³/mol. The zero-order valence-electron chi connectivity index (χ0n) is 22.0. The van der Waals surface area contributed by atoms with E-state index in [1.807, 2.05) is 61.5 Å². The molecule has 2 aromatic heterocycles. The van der Waals surface area contributed by atoms with Gasteiger partial charge in [-0.1, -0.05) is 49.1 Å². The topological polar surface area (TPSA) is 167 Å². The van der Waals surface area contributed by atoms with Gasteiger partial charge in [0, 0.05) is 29.7 Å². The molecule has 40 heavy (non-hydrogen) atoms. The fourth-order valence-electron chi connectivity index (χ4n) is 4.23. The van der Waals surface area contributed by atoms with Gasteiger partial charge in [0.05, 0.1) is 18.2 Å². The van der Waals surface area contributed by atoms with Gasteiger partial charge in [-0.2, -0.15) is 0 Å². The van der Waals surface area contributed by atoms with Crippen molar-refractivity contribution in [3.05, 3.63) is 87.8 Å². The van der Waals surface area contributed by atoms with Gasteiger partial charge in [-0.3, -0.25) is 14.2 Å². The second-order valence-electron chi connectivity index (χ2n) is 8.81. The van der Waals surface area contributed by atoms with Crippen LogP contribution in [-0.2, 0) is 16.4 Å². The van der Waals surface area contributed by atoms with Gasteiger partial charge in [0.1, 0.15) is 11.4 Å². The maximum Gasteiger partial charge on any atom is 0.264 e. The van der Waals surface area contributed by atoms with E-state index in [-0.39, 0.29) is 23.5 Å². The van der Waals surface area contributed by atoms with Crippen LogP contribution in [-0.4, -0.2) is 48.0 Å². The Balaban J connectivity index is 0.000000236. The molecule has 0 saturated carbocycles. The average Bonchev–Trinajstić information content (AvgIpc) is 3.27. The number of primary amides is 1. The van der Waals surface area contributed by atoms with Crippen molar-refractivity contribution < 1.29 is 13.2 Å². The van der Waals surface area contributed by atoms with Crippen molar-refractivity contribution in [1.82, 2.24) is 19.1 Å². The van der Waals surface area contributed by atoms with E-state index in [4.69, 9.17) is 11.5 Å². The second kappa shape index (κ2) is 11.9. The molecule has 4 aromatic rings. The fraction of sp³-hybridized carbons (Fsp3) is 0.179. The molecule has 1 aliphatic heterocycles. The van der Waals surface area contributed by atoms with Crippen molar-refractivity contribution in [2.45, 2.75) is 13.3 Å². The molecule has 206 valence electrons. The number of pyridine rings is 1. The summed E-state index contributed by atoms with van der Waals surface area (Å²) < 4.78 is 27.8. The molecule has 0 aliphatic carbocycles. The fourth-order valence-corrected chi connectivity index (χ4v) is 4.56. The third kappa shape index (κ3) is 6.23. The summed E-state index contributed by atoms with van der Waals surface area (Å²) in [6.07, 6.45) is 5.39. The van der Waals surface area contributed by atoms with Crippen molar-refractivity contribution in [2.24, 2.45) is 5.73 Å². The first-order chi connectivity index (χ1) is 19.1. The summed E-state index contributed by atoms with van der Waals surface area (Å²) in [5.74, 6) is 5.85. The van der Waals surface area contributed by atoms with E-state index >= 15 is 0 Å². The molecule has 12 heteroatoms. The number of hydrogen-bond acceptors (Lipinski definition) is 7. The first kappa shape index (κ1) is 28.2. The Bertz CT molecular complexity index is 1830. The molecular weight excluding hydrogens is 530 g/mol. The molecule has 0 fully saturated rings. The minimum absolute atomic E-state index is 0.00482. The second-order valence-corrected chi connectivity index (χ2v) is 10.6. The summed E-state index contributed by atoms with van der Waals surface area (Å²) in [6.45, 7) is 2.65. The Morgan fingerprint density at radius 3 is 2.60 bits per heavy atom. The Morgan fingerprint density at radius 1 is 1.18 bits per heavy atom. The highest BCUT2D eigenvalue weighted by Crippen LogP contribution is 2.23. The molecule has 2 aromatic carbocycles. The van der Waals surface area contributed by atoms with Crippen LogP contribution in [0.1, 0.15) is 28.5 Å². The van der Waals surface area contributed by atoms with Gasteiger partial charge < -0.3 is 16.8 Å². The van der Waals surface area contributed by atoms with E-state index in [0.717, 1.165) is 23.0 Å². The van der Waals surface area contributed by atoms with E-state index in [1.165, 1.54) is 4.68 Å². The van der Waals surface area contributed by atoms with Crippen LogP contribution in [0.2, 0.25) is 0 Å². The summed E-state index contributed by atoms with van der Waals surface area (Å²) in [5, 5.41) is 8.24. The van der Waals surface area contributed by atoms with Crippen molar-refractivity contribution >= 4 is 44.5 Å². The highest BCUT2D eigenvalue weighted by molar-refractivity contribution is 7.88. The number of sulfonamides is 1. The number of carbonyl (C=O) groups is 1. The maximum atomic E-state index is 13.3. The van der Waals surface area contributed by atoms with Crippen LogP contribution in [0.25, 0.3) is 22.7 Å². The molecule has 0 unspecified atom stereocenters. The number of anilines is 2. The minimum atomic E-state index is -3.30. The molecule has 0 atom stereocenters. The number of nitrogen functional groups attached to an aromatic ring is 1. The summed E-state index contributed by atoms with van der Waals surface area (Å²) in [5.41, 5.74) is 13.1. The van der Waals surface area contributed by atoms with Crippen molar-refractivity contribution in [3.63, 3.8) is 0 Å². The number of para-hydroxylation sites is 1. The third-order valence-corrected chi connectivity index (χ3v) is 6.63. The first-order valence-electron chi connectivity index (χ1n) is 12.4. The van der Waals surface area contributed by atoms with Gasteiger partial charge in [-0.05, 0) is 42.1 Å². The summed E-state index contributed by atoms with van der Waals surface area (Å²) in [6, 6.07) is 17.0. The lowest BCUT2D eigenvalue weighted by Crippen LogP contribution is -2.23. The van der Waals surface area contributed by atoms with Crippen molar-refractivity contribution in [2.75, 3.05) is 30.4 Å². The first-order valence-corrected chi connectivity index (χ1v) is 14.2. The van der Waals surface area contributed by atoms with Crippen LogP contribution in [0.15, 0.2) is 65.5 Å². The van der Waals surface area contributed by atoms with E-state index in [9.17, 15) is 18.0 Å². The zero-order valence-corrected chi connectivity index (χ0v) is 22.8. The SMILES string of the molecule is CCc1cc2cccc(C#CCNS(C)(=O)=O)c2c(=O)n1-c1ccccc1.NC(=O)c1c(N)nn2c1NCC=C2. The number of hydrogen-bond donors (Lipinski definition) is 4. The normalized spacial score (nSPS) is 11.9. The third-order valence-electron chi connectivity index (χ3n) is 5.96. The number of fused-ring (bicyclic) bond motifs is 2. The van der Waals surface area contributed by atoms with Gasteiger partial charge in [0.2, 0.25) is 10.0 Å². The molecule has 0 bridgehead atoms. The maximum absolute atomic E-state index is 13.3. The van der Waals surface area contributed by atoms with Crippen LogP contribution >= 0.6 is 0 Å². The number of aryl methyl sites for hydroxylation is 1. The van der Waals surface area contributed by atoms with Gasteiger partial charge in [-0.15, -0.1) is 5.10 Å². The molecule has 3 heterocycles. The Labute approximate surface area is 231 Å². The Morgan fingerprint density at radius 2 is 1.93 bits per heavy atom. The number of nitrogens with zero attached hydrogens (tertiary/aromatic N) is 3. The zero-order chi connectivity index (χ0) is 28.9. The molecule has 0 spiro atoms. The van der Waals surface area contributed by atoms with Crippen molar-refractivity contribution in [1.29, 1.82) is 0 Å². The molecule has 1 amide bonds. The van der Waals surface area contributed by atoms with Crippen LogP contribution < -0.4 is 27.1 Å². The Hall–Kier alpha value is -4.86. The Kier molecular flexibility index (Phi) is 8.37. The molecule has 6 N–H and O–H groups in total. The largest absolute Gasteiger partial charge is 0.381 e. The molecule has 0 saturated heterocycles. The van der Waals surface area contributed by atoms with E-state index < -0.39 is 15.9 Å². The number of rotatable bonds is 5. The number of nitrogens with one attached hydrogen (secondary N) is 2. The number of carbonyl (C=O) groups excluding carboxylic acids is 1. The summed E-state index contributed by atoms with van der Waals surface area (Å²) in [7, 11) is -3.30. The smallest absolute Gasteiger partial charge is 0.264 e. The van der Waals surface area contributed by atoms with E-state index in [0.29, 0.717) is 29.7 Å².